The smallest absolute Gasteiger partial charge is 0.358 e. The molecule has 3 rings (SSSR count). The van der Waals surface area contributed by atoms with Crippen molar-refractivity contribution in [2.75, 3.05) is 26.2 Å². The summed E-state index contributed by atoms with van der Waals surface area (Å²) in [6.07, 6.45) is 1.15. The Morgan fingerprint density at radius 2 is 1.74 bits per heavy atom. The van der Waals surface area contributed by atoms with E-state index in [4.69, 9.17) is 5.11 Å². The van der Waals surface area contributed by atoms with Gasteiger partial charge in [-0.05, 0) is 12.1 Å². The zero-order valence-corrected chi connectivity index (χ0v) is 14.0. The highest BCUT2D eigenvalue weighted by Gasteiger charge is 2.26. The van der Waals surface area contributed by atoms with Crippen molar-refractivity contribution in [3.8, 4) is 0 Å². The summed E-state index contributed by atoms with van der Waals surface area (Å²) >= 11 is 0. The van der Waals surface area contributed by atoms with Crippen molar-refractivity contribution in [3.05, 3.63) is 47.3 Å². The predicted molar refractivity (Wildman–Crippen MR) is 85.8 cm³/mol. The molecular formula is C16H15F2N5O4. The van der Waals surface area contributed by atoms with E-state index in [0.29, 0.717) is 6.07 Å². The van der Waals surface area contributed by atoms with E-state index in [-0.39, 0.29) is 49.9 Å². The Bertz CT molecular complexity index is 893. The third-order valence-corrected chi connectivity index (χ3v) is 4.14. The highest BCUT2D eigenvalue weighted by molar-refractivity contribution is 5.94. The molecule has 0 bridgehead atoms. The van der Waals surface area contributed by atoms with Gasteiger partial charge in [0.15, 0.2) is 5.69 Å². The van der Waals surface area contributed by atoms with Gasteiger partial charge >= 0.3 is 5.97 Å². The van der Waals surface area contributed by atoms with Gasteiger partial charge in [0.1, 0.15) is 18.2 Å². The van der Waals surface area contributed by atoms with Crippen LogP contribution in [0.3, 0.4) is 0 Å². The lowest BCUT2D eigenvalue weighted by Gasteiger charge is -2.34. The Morgan fingerprint density at radius 3 is 2.33 bits per heavy atom. The van der Waals surface area contributed by atoms with Gasteiger partial charge in [0.05, 0.1) is 11.8 Å². The molecular weight excluding hydrogens is 364 g/mol. The van der Waals surface area contributed by atoms with E-state index in [2.05, 4.69) is 10.3 Å². The summed E-state index contributed by atoms with van der Waals surface area (Å²) in [5.74, 6) is -3.81. The molecule has 0 radical (unpaired) electrons. The molecule has 0 spiro atoms. The Labute approximate surface area is 151 Å². The number of benzene rings is 1. The molecule has 11 heteroatoms. The number of aromatic carboxylic acids is 1. The van der Waals surface area contributed by atoms with E-state index in [9.17, 15) is 23.2 Å². The number of carboxylic acid groups (broad SMARTS) is 1. The van der Waals surface area contributed by atoms with E-state index >= 15 is 0 Å². The van der Waals surface area contributed by atoms with Crippen molar-refractivity contribution < 1.29 is 28.3 Å². The van der Waals surface area contributed by atoms with Crippen molar-refractivity contribution in [1.29, 1.82) is 0 Å². The van der Waals surface area contributed by atoms with Crippen LogP contribution in [-0.4, -0.2) is 73.9 Å². The molecule has 1 saturated heterocycles. The summed E-state index contributed by atoms with van der Waals surface area (Å²) < 4.78 is 27.8. The van der Waals surface area contributed by atoms with Crippen LogP contribution in [0.25, 0.3) is 0 Å². The summed E-state index contributed by atoms with van der Waals surface area (Å²) in [6, 6.07) is 2.76. The molecule has 27 heavy (non-hydrogen) atoms. The Morgan fingerprint density at radius 1 is 1.07 bits per heavy atom. The van der Waals surface area contributed by atoms with Gasteiger partial charge < -0.3 is 14.9 Å². The van der Waals surface area contributed by atoms with E-state index < -0.39 is 23.5 Å². The SMILES string of the molecule is O=C(O)c1cn(CC(=O)N2CCN(C(=O)c3ccc(F)cc3F)CC2)nn1. The van der Waals surface area contributed by atoms with Crippen LogP contribution in [0.5, 0.6) is 0 Å². The first-order valence-electron chi connectivity index (χ1n) is 8.00. The van der Waals surface area contributed by atoms with Crippen LogP contribution in [0, 0.1) is 11.6 Å². The third-order valence-electron chi connectivity index (χ3n) is 4.14. The number of piperazine rings is 1. The number of hydrogen-bond acceptors (Lipinski definition) is 5. The molecule has 2 amide bonds. The average molecular weight is 379 g/mol. The number of aromatic nitrogens is 3. The minimum absolute atomic E-state index is 0.180. The summed E-state index contributed by atoms with van der Waals surface area (Å²) in [5, 5.41) is 15.8. The molecule has 1 aromatic carbocycles. The molecule has 142 valence electrons. The van der Waals surface area contributed by atoms with Gasteiger partial charge in [-0.3, -0.25) is 9.59 Å². The van der Waals surface area contributed by atoms with Crippen LogP contribution in [-0.2, 0) is 11.3 Å². The van der Waals surface area contributed by atoms with E-state index in [1.807, 2.05) is 0 Å². The van der Waals surface area contributed by atoms with Crippen molar-refractivity contribution in [1.82, 2.24) is 24.8 Å². The second-order valence-corrected chi connectivity index (χ2v) is 5.90. The second-order valence-electron chi connectivity index (χ2n) is 5.90. The van der Waals surface area contributed by atoms with E-state index in [1.165, 1.54) is 9.80 Å². The van der Waals surface area contributed by atoms with Gasteiger partial charge in [-0.25, -0.2) is 18.3 Å². The minimum Gasteiger partial charge on any atom is -0.476 e. The number of halogens is 2. The number of carbonyl (C=O) groups is 3. The van der Waals surface area contributed by atoms with Gasteiger partial charge in [-0.2, -0.15) is 0 Å². The summed E-state index contributed by atoms with van der Waals surface area (Å²) in [5.41, 5.74) is -0.487. The Kier molecular flexibility index (Phi) is 5.10. The van der Waals surface area contributed by atoms with Gasteiger partial charge in [-0.15, -0.1) is 5.10 Å². The average Bonchev–Trinajstić information content (AvgIpc) is 3.10. The fourth-order valence-electron chi connectivity index (χ4n) is 2.70. The number of nitrogens with zero attached hydrogens (tertiary/aromatic N) is 5. The number of carboxylic acids is 1. The molecule has 2 heterocycles. The number of hydrogen-bond donors (Lipinski definition) is 1. The van der Waals surface area contributed by atoms with Crippen LogP contribution in [0.4, 0.5) is 8.78 Å². The molecule has 1 aliphatic rings. The van der Waals surface area contributed by atoms with Gasteiger partial charge in [0.25, 0.3) is 5.91 Å². The van der Waals surface area contributed by atoms with Gasteiger partial charge in [0.2, 0.25) is 5.91 Å². The molecule has 1 N–H and O–H groups in total. The standard InChI is InChI=1S/C16H15F2N5O4/c17-10-1-2-11(12(18)7-10)15(25)22-5-3-21(4-6-22)14(24)9-23-8-13(16(26)27)19-20-23/h1-2,7-8H,3-6,9H2,(H,26,27). The summed E-state index contributed by atoms with van der Waals surface area (Å²) in [6.45, 7) is 0.667. The highest BCUT2D eigenvalue weighted by atomic mass is 19.1. The lowest BCUT2D eigenvalue weighted by Crippen LogP contribution is -2.51. The normalized spacial score (nSPS) is 14.3. The first-order chi connectivity index (χ1) is 12.8. The van der Waals surface area contributed by atoms with Crippen molar-refractivity contribution >= 4 is 17.8 Å². The topological polar surface area (TPSA) is 109 Å². The van der Waals surface area contributed by atoms with Crippen molar-refractivity contribution in [2.45, 2.75) is 6.54 Å². The van der Waals surface area contributed by atoms with Crippen LogP contribution < -0.4 is 0 Å². The maximum absolute atomic E-state index is 13.8. The molecule has 0 saturated carbocycles. The van der Waals surface area contributed by atoms with Gasteiger partial charge in [0, 0.05) is 32.2 Å². The molecule has 1 fully saturated rings. The van der Waals surface area contributed by atoms with Crippen molar-refractivity contribution in [3.63, 3.8) is 0 Å². The largest absolute Gasteiger partial charge is 0.476 e. The second kappa shape index (κ2) is 7.48. The zero-order chi connectivity index (χ0) is 19.6. The maximum Gasteiger partial charge on any atom is 0.358 e. The Balaban J connectivity index is 1.56. The van der Waals surface area contributed by atoms with Crippen LogP contribution in [0.1, 0.15) is 20.8 Å². The monoisotopic (exact) mass is 379 g/mol. The lowest BCUT2D eigenvalue weighted by atomic mass is 10.1. The third kappa shape index (κ3) is 4.07. The fraction of sp³-hybridized carbons (Fsp3) is 0.312. The van der Waals surface area contributed by atoms with Crippen LogP contribution >= 0.6 is 0 Å². The first kappa shape index (κ1) is 18.4. The number of carbonyl (C=O) groups excluding carboxylic acids is 2. The molecule has 9 nitrogen and oxygen atoms in total. The van der Waals surface area contributed by atoms with E-state index in [0.717, 1.165) is 23.0 Å². The molecule has 0 atom stereocenters. The predicted octanol–water partition coefficient (Wildman–Crippen LogP) is 0.239. The van der Waals surface area contributed by atoms with Gasteiger partial charge in [-0.1, -0.05) is 5.21 Å². The highest BCUT2D eigenvalue weighted by Crippen LogP contribution is 2.14. The summed E-state index contributed by atoms with van der Waals surface area (Å²) in [4.78, 5) is 38.3. The van der Waals surface area contributed by atoms with E-state index in [1.54, 1.807) is 0 Å². The quantitative estimate of drug-likeness (QED) is 0.815. The molecule has 2 aromatic rings. The fourth-order valence-corrected chi connectivity index (χ4v) is 2.70. The van der Waals surface area contributed by atoms with Crippen LogP contribution in [0.15, 0.2) is 24.4 Å². The lowest BCUT2D eigenvalue weighted by molar-refractivity contribution is -0.133. The molecule has 1 aliphatic heterocycles. The first-order valence-corrected chi connectivity index (χ1v) is 8.00. The molecule has 1 aromatic heterocycles. The molecule has 0 aliphatic carbocycles. The molecule has 0 unspecified atom stereocenters. The zero-order valence-electron chi connectivity index (χ0n) is 14.0. The summed E-state index contributed by atoms with van der Waals surface area (Å²) in [7, 11) is 0. The maximum atomic E-state index is 13.8. The van der Waals surface area contributed by atoms with Crippen molar-refractivity contribution in [2.24, 2.45) is 0 Å². The number of rotatable bonds is 4. The number of amides is 2. The minimum atomic E-state index is -1.24. The van der Waals surface area contributed by atoms with Crippen LogP contribution in [0.2, 0.25) is 0 Å². The Hall–Kier alpha value is -3.37.